The van der Waals surface area contributed by atoms with E-state index in [-0.39, 0.29) is 6.04 Å². The Morgan fingerprint density at radius 3 is 1.52 bits per heavy atom. The fourth-order valence-electron chi connectivity index (χ4n) is 2.62. The van der Waals surface area contributed by atoms with Crippen LogP contribution in [-0.4, -0.2) is 34.4 Å². The van der Waals surface area contributed by atoms with Gasteiger partial charge in [0.2, 0.25) is 0 Å². The topological polar surface area (TPSA) is 79.5 Å². The second-order valence-electron chi connectivity index (χ2n) is 5.73. The zero-order valence-corrected chi connectivity index (χ0v) is 13.4. The maximum Gasteiger partial charge on any atom is 0.490 e. The van der Waals surface area contributed by atoms with Crippen molar-refractivity contribution in [3.8, 4) is 0 Å². The van der Waals surface area contributed by atoms with E-state index < -0.39 is 17.7 Å². The van der Waals surface area contributed by atoms with Crippen LogP contribution in [-0.2, 0) is 10.4 Å². The first-order chi connectivity index (χ1) is 11.7. The third kappa shape index (κ3) is 4.37. The Labute approximate surface area is 142 Å². The highest BCUT2D eigenvalue weighted by atomic mass is 19.4. The molecule has 25 heavy (non-hydrogen) atoms. The number of carboxylic acids is 1. The maximum absolute atomic E-state index is 11.2. The molecule has 2 aromatic carbocycles. The molecular formula is C18H18F3NO3. The Hall–Kier alpha value is -2.38. The van der Waals surface area contributed by atoms with Crippen molar-refractivity contribution in [1.29, 1.82) is 0 Å². The first kappa shape index (κ1) is 19.0. The Balaban J connectivity index is 0.000000277. The first-order valence-corrected chi connectivity index (χ1v) is 7.57. The number of alkyl halides is 3. The summed E-state index contributed by atoms with van der Waals surface area (Å²) in [6.45, 7) is 2.10. The van der Waals surface area contributed by atoms with Crippen LogP contribution in [0.25, 0.3) is 0 Å². The van der Waals surface area contributed by atoms with Crippen molar-refractivity contribution in [1.82, 2.24) is 5.32 Å². The van der Waals surface area contributed by atoms with Gasteiger partial charge < -0.3 is 15.5 Å². The van der Waals surface area contributed by atoms with Gasteiger partial charge in [-0.3, -0.25) is 0 Å². The molecule has 1 aliphatic rings. The third-order valence-corrected chi connectivity index (χ3v) is 3.95. The highest BCUT2D eigenvalue weighted by Crippen LogP contribution is 2.39. The van der Waals surface area contributed by atoms with Gasteiger partial charge in [0.25, 0.3) is 0 Å². The lowest BCUT2D eigenvalue weighted by molar-refractivity contribution is -0.192. The van der Waals surface area contributed by atoms with E-state index in [1.165, 1.54) is 0 Å². The fourth-order valence-corrected chi connectivity index (χ4v) is 2.62. The number of rotatable bonds is 3. The lowest BCUT2D eigenvalue weighted by atomic mass is 9.82. The number of halogens is 3. The normalized spacial score (nSPS) is 19.6. The number of aliphatic carboxylic acids is 1. The predicted octanol–water partition coefficient (Wildman–Crippen LogP) is 2.92. The summed E-state index contributed by atoms with van der Waals surface area (Å²) in [5.41, 5.74) is 0.943. The quantitative estimate of drug-likeness (QED) is 0.742. The van der Waals surface area contributed by atoms with Crippen LogP contribution < -0.4 is 5.32 Å². The highest BCUT2D eigenvalue weighted by molar-refractivity contribution is 5.73. The zero-order chi connectivity index (χ0) is 18.7. The minimum Gasteiger partial charge on any atom is -0.475 e. The molecule has 0 aliphatic carbocycles. The van der Waals surface area contributed by atoms with Gasteiger partial charge in [-0.1, -0.05) is 60.7 Å². The van der Waals surface area contributed by atoms with E-state index in [2.05, 4.69) is 12.2 Å². The molecule has 1 aliphatic heterocycles. The van der Waals surface area contributed by atoms with Crippen LogP contribution in [0, 0.1) is 0 Å². The molecule has 1 heterocycles. The number of benzene rings is 2. The Kier molecular flexibility index (Phi) is 5.49. The monoisotopic (exact) mass is 353 g/mol. The smallest absolute Gasteiger partial charge is 0.475 e. The molecular weight excluding hydrogens is 335 g/mol. The molecule has 1 saturated heterocycles. The van der Waals surface area contributed by atoms with Gasteiger partial charge in [0.05, 0.1) is 6.04 Å². The summed E-state index contributed by atoms with van der Waals surface area (Å²) < 4.78 is 31.7. The van der Waals surface area contributed by atoms with Crippen molar-refractivity contribution < 1.29 is 28.2 Å². The molecule has 2 atom stereocenters. The summed E-state index contributed by atoms with van der Waals surface area (Å²) in [6.07, 6.45) is -5.08. The summed E-state index contributed by atoms with van der Waals surface area (Å²) in [7, 11) is 0. The van der Waals surface area contributed by atoms with E-state index in [1.54, 1.807) is 0 Å². The van der Waals surface area contributed by atoms with E-state index in [4.69, 9.17) is 9.90 Å². The number of hydrogen-bond acceptors (Lipinski definition) is 3. The number of aliphatic hydroxyl groups is 1. The van der Waals surface area contributed by atoms with Gasteiger partial charge in [-0.25, -0.2) is 4.79 Å². The molecule has 0 saturated carbocycles. The first-order valence-electron chi connectivity index (χ1n) is 7.57. The van der Waals surface area contributed by atoms with E-state index in [0.717, 1.165) is 11.1 Å². The van der Waals surface area contributed by atoms with Gasteiger partial charge in [0, 0.05) is 6.04 Å². The maximum atomic E-state index is 11.2. The number of hydrogen-bond donors (Lipinski definition) is 3. The minimum absolute atomic E-state index is 0.0855. The molecule has 0 bridgehead atoms. The van der Waals surface area contributed by atoms with E-state index in [9.17, 15) is 18.3 Å². The van der Waals surface area contributed by atoms with Gasteiger partial charge in [0.15, 0.2) is 0 Å². The van der Waals surface area contributed by atoms with Crippen LogP contribution in [0.1, 0.15) is 18.1 Å². The number of nitrogens with one attached hydrogen (secondary N) is 1. The van der Waals surface area contributed by atoms with Crippen molar-refractivity contribution in [3.63, 3.8) is 0 Å². The summed E-state index contributed by atoms with van der Waals surface area (Å²) in [5.74, 6) is -2.76. The molecule has 0 amide bonds. The van der Waals surface area contributed by atoms with Crippen molar-refractivity contribution in [2.24, 2.45) is 0 Å². The summed E-state index contributed by atoms with van der Waals surface area (Å²) in [4.78, 5) is 8.90. The molecule has 0 unspecified atom stereocenters. The van der Waals surface area contributed by atoms with Crippen LogP contribution in [0.5, 0.6) is 0 Å². The number of carboxylic acid groups (broad SMARTS) is 1. The third-order valence-electron chi connectivity index (χ3n) is 3.95. The number of carbonyl (C=O) groups is 1. The molecule has 3 N–H and O–H groups in total. The predicted molar refractivity (Wildman–Crippen MR) is 86.0 cm³/mol. The molecule has 134 valence electrons. The van der Waals surface area contributed by atoms with Crippen molar-refractivity contribution >= 4 is 5.97 Å². The van der Waals surface area contributed by atoms with Gasteiger partial charge >= 0.3 is 12.1 Å². The average Bonchev–Trinajstić information content (AvgIpc) is 3.33. The van der Waals surface area contributed by atoms with E-state index in [0.29, 0.717) is 6.04 Å². The summed E-state index contributed by atoms with van der Waals surface area (Å²) >= 11 is 0. The fraction of sp³-hybridized carbons (Fsp3) is 0.278. The van der Waals surface area contributed by atoms with E-state index in [1.807, 2.05) is 60.7 Å². The molecule has 2 aromatic rings. The molecule has 0 spiro atoms. The van der Waals surface area contributed by atoms with Gasteiger partial charge in [-0.15, -0.1) is 0 Å². The highest BCUT2D eigenvalue weighted by Gasteiger charge is 2.51. The Morgan fingerprint density at radius 1 is 0.960 bits per heavy atom. The average molecular weight is 353 g/mol. The van der Waals surface area contributed by atoms with E-state index >= 15 is 0 Å². The Morgan fingerprint density at radius 2 is 1.28 bits per heavy atom. The van der Waals surface area contributed by atoms with Crippen LogP contribution >= 0.6 is 0 Å². The van der Waals surface area contributed by atoms with Gasteiger partial charge in [0.1, 0.15) is 5.60 Å². The molecule has 1 fully saturated rings. The van der Waals surface area contributed by atoms with Gasteiger partial charge in [-0.2, -0.15) is 13.2 Å². The molecule has 0 radical (unpaired) electrons. The molecule has 3 rings (SSSR count). The van der Waals surface area contributed by atoms with Gasteiger partial charge in [-0.05, 0) is 18.1 Å². The second kappa shape index (κ2) is 7.25. The van der Waals surface area contributed by atoms with Crippen LogP contribution in [0.2, 0.25) is 0 Å². The zero-order valence-electron chi connectivity index (χ0n) is 13.4. The Bertz CT molecular complexity index is 665. The van der Waals surface area contributed by atoms with Crippen molar-refractivity contribution in [3.05, 3.63) is 71.8 Å². The minimum atomic E-state index is -5.08. The lowest BCUT2D eigenvalue weighted by Crippen LogP contribution is -2.35. The molecule has 7 heteroatoms. The standard InChI is InChI=1S/C16H17NO.C2HF3O2/c1-12-15(17-12)16(18,13-8-4-2-5-9-13)14-10-6-3-7-11-14;3-2(4,5)1(6)7/h2-12,15,17-18H,1H3;(H,6,7)/t12-,15-;/m0./s1. The summed E-state index contributed by atoms with van der Waals surface area (Å²) in [6, 6.07) is 20.2. The molecule has 4 nitrogen and oxygen atoms in total. The molecule has 0 aromatic heterocycles. The van der Waals surface area contributed by atoms with Crippen molar-refractivity contribution in [2.45, 2.75) is 30.8 Å². The largest absolute Gasteiger partial charge is 0.490 e. The van der Waals surface area contributed by atoms with Crippen LogP contribution in [0.15, 0.2) is 60.7 Å². The SMILES string of the molecule is C[C@@H]1N[C@@H]1C(O)(c1ccccc1)c1ccccc1.O=C(O)C(F)(F)F. The summed E-state index contributed by atoms with van der Waals surface area (Å²) in [5, 5.41) is 21.6. The lowest BCUT2D eigenvalue weighted by Gasteiger charge is -2.29. The van der Waals surface area contributed by atoms with Crippen LogP contribution in [0.3, 0.4) is 0 Å². The van der Waals surface area contributed by atoms with Crippen LogP contribution in [0.4, 0.5) is 13.2 Å². The van der Waals surface area contributed by atoms with Crippen molar-refractivity contribution in [2.75, 3.05) is 0 Å². The second-order valence-corrected chi connectivity index (χ2v) is 5.73.